The van der Waals surface area contributed by atoms with Crippen LogP contribution in [0.3, 0.4) is 0 Å². The minimum Gasteiger partial charge on any atom is -0.294 e. The van der Waals surface area contributed by atoms with Crippen molar-refractivity contribution in [1.82, 2.24) is 9.78 Å². The van der Waals surface area contributed by atoms with Gasteiger partial charge in [0.05, 0.1) is 11.3 Å². The van der Waals surface area contributed by atoms with Gasteiger partial charge in [-0.3, -0.25) is 9.48 Å². The standard InChI is InChI=1S/C12H18N2O/c1-5-6-7-8-11(15)12-9(2)13-14(4)10(12)3/h5H,1,6-8H2,2-4H3. The Bertz CT molecular complexity index is 377. The average Bonchev–Trinajstić information content (AvgIpc) is 2.41. The topological polar surface area (TPSA) is 34.9 Å². The van der Waals surface area contributed by atoms with Gasteiger partial charge in [-0.25, -0.2) is 0 Å². The van der Waals surface area contributed by atoms with E-state index in [1.807, 2.05) is 27.0 Å². The molecule has 3 heteroatoms. The lowest BCUT2D eigenvalue weighted by atomic mass is 10.0. The number of allylic oxidation sites excluding steroid dienone is 1. The molecule has 0 radical (unpaired) electrons. The number of rotatable bonds is 5. The molecule has 0 aliphatic carbocycles. The van der Waals surface area contributed by atoms with Crippen molar-refractivity contribution in [2.24, 2.45) is 7.05 Å². The Morgan fingerprint density at radius 1 is 1.53 bits per heavy atom. The molecule has 0 fully saturated rings. The van der Waals surface area contributed by atoms with E-state index < -0.39 is 0 Å². The van der Waals surface area contributed by atoms with Crippen LogP contribution in [0.2, 0.25) is 0 Å². The third-order valence-electron chi connectivity index (χ3n) is 2.60. The second kappa shape index (κ2) is 4.91. The van der Waals surface area contributed by atoms with Crippen molar-refractivity contribution in [2.75, 3.05) is 0 Å². The number of hydrogen-bond acceptors (Lipinski definition) is 2. The summed E-state index contributed by atoms with van der Waals surface area (Å²) in [4.78, 5) is 11.9. The van der Waals surface area contributed by atoms with Crippen LogP contribution in [-0.4, -0.2) is 15.6 Å². The average molecular weight is 206 g/mol. The number of hydrogen-bond donors (Lipinski definition) is 0. The fourth-order valence-corrected chi connectivity index (χ4v) is 1.71. The van der Waals surface area contributed by atoms with Crippen LogP contribution in [0.25, 0.3) is 0 Å². The predicted molar refractivity (Wildman–Crippen MR) is 61.1 cm³/mol. The normalized spacial score (nSPS) is 10.3. The first-order valence-electron chi connectivity index (χ1n) is 5.22. The third kappa shape index (κ3) is 2.55. The number of aryl methyl sites for hydroxylation is 2. The SMILES string of the molecule is C=CCCCC(=O)c1c(C)nn(C)c1C. The molecular formula is C12H18N2O. The maximum absolute atomic E-state index is 11.9. The molecule has 1 aromatic rings. The number of unbranched alkanes of at least 4 members (excludes halogenated alkanes) is 1. The summed E-state index contributed by atoms with van der Waals surface area (Å²) >= 11 is 0. The van der Waals surface area contributed by atoms with Gasteiger partial charge in [0.25, 0.3) is 0 Å². The molecule has 0 atom stereocenters. The molecule has 1 heterocycles. The summed E-state index contributed by atoms with van der Waals surface area (Å²) in [7, 11) is 1.86. The summed E-state index contributed by atoms with van der Waals surface area (Å²) < 4.78 is 1.76. The maximum atomic E-state index is 11.9. The molecule has 0 bridgehead atoms. The second-order valence-corrected chi connectivity index (χ2v) is 3.77. The van der Waals surface area contributed by atoms with Gasteiger partial charge in [0.1, 0.15) is 0 Å². The first-order chi connectivity index (χ1) is 7.07. The van der Waals surface area contributed by atoms with Crippen molar-refractivity contribution in [2.45, 2.75) is 33.1 Å². The van der Waals surface area contributed by atoms with Crippen molar-refractivity contribution in [3.05, 3.63) is 29.6 Å². The van der Waals surface area contributed by atoms with Crippen LogP contribution in [-0.2, 0) is 7.05 Å². The summed E-state index contributed by atoms with van der Waals surface area (Å²) in [5, 5.41) is 4.24. The fraction of sp³-hybridized carbons (Fsp3) is 0.500. The van der Waals surface area contributed by atoms with E-state index in [4.69, 9.17) is 0 Å². The maximum Gasteiger partial charge on any atom is 0.166 e. The largest absolute Gasteiger partial charge is 0.294 e. The van der Waals surface area contributed by atoms with Gasteiger partial charge in [0, 0.05) is 19.2 Å². The van der Waals surface area contributed by atoms with Crippen LogP contribution in [0.15, 0.2) is 12.7 Å². The Morgan fingerprint density at radius 2 is 2.20 bits per heavy atom. The highest BCUT2D eigenvalue weighted by Crippen LogP contribution is 2.15. The lowest BCUT2D eigenvalue weighted by molar-refractivity contribution is 0.0979. The summed E-state index contributed by atoms with van der Waals surface area (Å²) in [6, 6.07) is 0. The molecule has 1 rings (SSSR count). The van der Waals surface area contributed by atoms with Crippen LogP contribution in [0.5, 0.6) is 0 Å². The molecule has 0 aliphatic rings. The van der Waals surface area contributed by atoms with Crippen molar-refractivity contribution in [3.63, 3.8) is 0 Å². The molecule has 1 aromatic heterocycles. The summed E-state index contributed by atoms with van der Waals surface area (Å²) in [6.07, 6.45) is 4.19. The van der Waals surface area contributed by atoms with E-state index in [1.165, 1.54) is 0 Å². The zero-order chi connectivity index (χ0) is 11.4. The molecule has 0 saturated heterocycles. The molecule has 15 heavy (non-hydrogen) atoms. The van der Waals surface area contributed by atoms with E-state index in [0.29, 0.717) is 6.42 Å². The van der Waals surface area contributed by atoms with Gasteiger partial charge in [-0.1, -0.05) is 6.08 Å². The zero-order valence-electron chi connectivity index (χ0n) is 9.71. The Hall–Kier alpha value is -1.38. The van der Waals surface area contributed by atoms with E-state index in [9.17, 15) is 4.79 Å². The monoisotopic (exact) mass is 206 g/mol. The smallest absolute Gasteiger partial charge is 0.166 e. The summed E-state index contributed by atoms with van der Waals surface area (Å²) in [6.45, 7) is 7.46. The van der Waals surface area contributed by atoms with E-state index >= 15 is 0 Å². The van der Waals surface area contributed by atoms with E-state index in [0.717, 1.165) is 29.8 Å². The minimum atomic E-state index is 0.194. The van der Waals surface area contributed by atoms with Gasteiger partial charge < -0.3 is 0 Å². The van der Waals surface area contributed by atoms with Crippen LogP contribution < -0.4 is 0 Å². The van der Waals surface area contributed by atoms with Crippen LogP contribution in [0.1, 0.15) is 41.0 Å². The van der Waals surface area contributed by atoms with Crippen molar-refractivity contribution in [1.29, 1.82) is 0 Å². The van der Waals surface area contributed by atoms with Crippen molar-refractivity contribution in [3.8, 4) is 0 Å². The Morgan fingerprint density at radius 3 is 2.67 bits per heavy atom. The highest BCUT2D eigenvalue weighted by Gasteiger charge is 2.16. The molecule has 0 N–H and O–H groups in total. The Labute approximate surface area is 90.8 Å². The molecule has 0 spiro atoms. The van der Waals surface area contributed by atoms with Gasteiger partial charge >= 0.3 is 0 Å². The van der Waals surface area contributed by atoms with Gasteiger partial charge in [-0.2, -0.15) is 5.10 Å². The van der Waals surface area contributed by atoms with Crippen LogP contribution in [0.4, 0.5) is 0 Å². The van der Waals surface area contributed by atoms with Gasteiger partial charge in [-0.05, 0) is 26.7 Å². The molecule has 0 saturated carbocycles. The van der Waals surface area contributed by atoms with Gasteiger partial charge in [0.2, 0.25) is 0 Å². The van der Waals surface area contributed by atoms with Crippen molar-refractivity contribution < 1.29 is 4.79 Å². The Balaban J connectivity index is 2.77. The first kappa shape index (κ1) is 11.7. The number of nitrogens with zero attached hydrogens (tertiary/aromatic N) is 2. The third-order valence-corrected chi connectivity index (χ3v) is 2.60. The van der Waals surface area contributed by atoms with E-state index in [1.54, 1.807) is 4.68 Å². The van der Waals surface area contributed by atoms with Gasteiger partial charge in [0.15, 0.2) is 5.78 Å². The van der Waals surface area contributed by atoms with E-state index in [-0.39, 0.29) is 5.78 Å². The van der Waals surface area contributed by atoms with Crippen LogP contribution >= 0.6 is 0 Å². The molecule has 0 unspecified atom stereocenters. The van der Waals surface area contributed by atoms with Gasteiger partial charge in [-0.15, -0.1) is 6.58 Å². The summed E-state index contributed by atoms with van der Waals surface area (Å²) in [5.41, 5.74) is 2.58. The van der Waals surface area contributed by atoms with Crippen LogP contribution in [0, 0.1) is 13.8 Å². The van der Waals surface area contributed by atoms with E-state index in [2.05, 4.69) is 11.7 Å². The highest BCUT2D eigenvalue weighted by atomic mass is 16.1. The lowest BCUT2D eigenvalue weighted by Gasteiger charge is -2.00. The molecule has 82 valence electrons. The molecular weight excluding hydrogens is 188 g/mol. The first-order valence-corrected chi connectivity index (χ1v) is 5.22. The predicted octanol–water partition coefficient (Wildman–Crippen LogP) is 2.58. The van der Waals surface area contributed by atoms with Crippen molar-refractivity contribution >= 4 is 5.78 Å². The Kier molecular flexibility index (Phi) is 3.83. The number of aromatic nitrogens is 2. The minimum absolute atomic E-state index is 0.194. The molecule has 0 aromatic carbocycles. The number of ketones is 1. The quantitative estimate of drug-likeness (QED) is 0.421. The number of carbonyl (C=O) groups excluding carboxylic acids is 1. The zero-order valence-corrected chi connectivity index (χ0v) is 9.71. The second-order valence-electron chi connectivity index (χ2n) is 3.77. The summed E-state index contributed by atoms with van der Waals surface area (Å²) in [5.74, 6) is 0.194. The molecule has 3 nitrogen and oxygen atoms in total. The highest BCUT2D eigenvalue weighted by molar-refractivity contribution is 5.98. The number of carbonyl (C=O) groups is 1. The lowest BCUT2D eigenvalue weighted by Crippen LogP contribution is -2.02. The molecule has 0 amide bonds. The fourth-order valence-electron chi connectivity index (χ4n) is 1.71. The number of Topliss-reactive ketones (excluding diaryl/α,β-unsaturated/α-hetero) is 1. The molecule has 0 aliphatic heterocycles.